The molecular weight excluding hydrogens is 236 g/mol. The molecule has 1 aromatic carbocycles. The van der Waals surface area contributed by atoms with Gasteiger partial charge < -0.3 is 4.74 Å². The Morgan fingerprint density at radius 2 is 2.00 bits per heavy atom. The first-order valence-corrected chi connectivity index (χ1v) is 6.81. The Hall–Kier alpha value is -1.83. The van der Waals surface area contributed by atoms with Gasteiger partial charge in [0.15, 0.2) is 5.78 Å². The Balaban J connectivity index is 2.20. The SMILES string of the molecule is CCC(C(=O)c1ccc(OC)cc1)C1=CCCC=C1. The second-order valence-electron chi connectivity index (χ2n) is 4.74. The number of methoxy groups -OCH3 is 1. The van der Waals surface area contributed by atoms with Crippen LogP contribution in [0.2, 0.25) is 0 Å². The van der Waals surface area contributed by atoms with Gasteiger partial charge in [-0.3, -0.25) is 4.79 Å². The summed E-state index contributed by atoms with van der Waals surface area (Å²) in [6, 6.07) is 7.37. The first kappa shape index (κ1) is 13.6. The average molecular weight is 256 g/mol. The fourth-order valence-electron chi connectivity index (χ4n) is 2.42. The molecule has 0 heterocycles. The Bertz CT molecular complexity index is 494. The van der Waals surface area contributed by atoms with Gasteiger partial charge in [0.25, 0.3) is 0 Å². The first-order chi connectivity index (χ1) is 9.26. The molecule has 0 radical (unpaired) electrons. The number of ether oxygens (including phenoxy) is 1. The highest BCUT2D eigenvalue weighted by Crippen LogP contribution is 2.25. The zero-order chi connectivity index (χ0) is 13.7. The zero-order valence-electron chi connectivity index (χ0n) is 11.6. The van der Waals surface area contributed by atoms with Gasteiger partial charge in [-0.2, -0.15) is 0 Å². The molecule has 2 heteroatoms. The first-order valence-electron chi connectivity index (χ1n) is 6.81. The largest absolute Gasteiger partial charge is 0.497 e. The van der Waals surface area contributed by atoms with E-state index in [0.29, 0.717) is 0 Å². The summed E-state index contributed by atoms with van der Waals surface area (Å²) in [5.74, 6) is 0.953. The minimum atomic E-state index is -0.0232. The summed E-state index contributed by atoms with van der Waals surface area (Å²) in [5.41, 5.74) is 1.92. The number of carbonyl (C=O) groups is 1. The summed E-state index contributed by atoms with van der Waals surface area (Å²) in [7, 11) is 1.63. The molecule has 1 unspecified atom stereocenters. The van der Waals surface area contributed by atoms with Crippen molar-refractivity contribution in [1.29, 1.82) is 0 Å². The summed E-state index contributed by atoms with van der Waals surface area (Å²) >= 11 is 0. The van der Waals surface area contributed by atoms with E-state index in [0.717, 1.165) is 36.1 Å². The third kappa shape index (κ3) is 3.14. The molecule has 0 amide bonds. The predicted molar refractivity (Wildman–Crippen MR) is 77.6 cm³/mol. The fraction of sp³-hybridized carbons (Fsp3) is 0.353. The van der Waals surface area contributed by atoms with Crippen molar-refractivity contribution in [2.75, 3.05) is 7.11 Å². The van der Waals surface area contributed by atoms with Crippen molar-refractivity contribution in [2.45, 2.75) is 26.2 Å². The van der Waals surface area contributed by atoms with Crippen molar-refractivity contribution >= 4 is 5.78 Å². The zero-order valence-corrected chi connectivity index (χ0v) is 11.6. The quantitative estimate of drug-likeness (QED) is 0.739. The lowest BCUT2D eigenvalue weighted by Gasteiger charge is -2.17. The van der Waals surface area contributed by atoms with Gasteiger partial charge in [0.1, 0.15) is 5.75 Å². The number of ketones is 1. The maximum atomic E-state index is 12.6. The van der Waals surface area contributed by atoms with Crippen molar-refractivity contribution in [3.8, 4) is 5.75 Å². The van der Waals surface area contributed by atoms with Gasteiger partial charge in [-0.15, -0.1) is 0 Å². The van der Waals surface area contributed by atoms with Gasteiger partial charge in [-0.05, 0) is 49.1 Å². The molecule has 0 aromatic heterocycles. The lowest BCUT2D eigenvalue weighted by molar-refractivity contribution is 0.0938. The van der Waals surface area contributed by atoms with Crippen LogP contribution in [0.15, 0.2) is 48.1 Å². The molecule has 2 rings (SSSR count). The average Bonchev–Trinajstić information content (AvgIpc) is 2.49. The second-order valence-corrected chi connectivity index (χ2v) is 4.74. The maximum absolute atomic E-state index is 12.6. The molecule has 1 aliphatic carbocycles. The highest BCUT2D eigenvalue weighted by atomic mass is 16.5. The number of hydrogen-bond donors (Lipinski definition) is 0. The number of Topliss-reactive ketones (excluding diaryl/α,β-unsaturated/α-hetero) is 1. The normalized spacial score (nSPS) is 15.8. The van der Waals surface area contributed by atoms with Crippen LogP contribution in [0.5, 0.6) is 5.75 Å². The molecule has 1 aliphatic rings. The molecule has 0 spiro atoms. The molecule has 100 valence electrons. The maximum Gasteiger partial charge on any atom is 0.170 e. The van der Waals surface area contributed by atoms with Gasteiger partial charge in [0, 0.05) is 11.5 Å². The standard InChI is InChI=1S/C17H20O2/c1-3-16(13-7-5-4-6-8-13)17(18)14-9-11-15(19-2)12-10-14/h5,7-12,16H,3-4,6H2,1-2H3. The molecular formula is C17H20O2. The van der Waals surface area contributed by atoms with E-state index in [1.54, 1.807) is 7.11 Å². The van der Waals surface area contributed by atoms with E-state index in [1.807, 2.05) is 24.3 Å². The van der Waals surface area contributed by atoms with E-state index in [-0.39, 0.29) is 11.7 Å². The van der Waals surface area contributed by atoms with Crippen LogP contribution in [-0.4, -0.2) is 12.9 Å². The Morgan fingerprint density at radius 3 is 2.53 bits per heavy atom. The molecule has 1 atom stereocenters. The van der Waals surface area contributed by atoms with Crippen LogP contribution in [0.4, 0.5) is 0 Å². The second kappa shape index (κ2) is 6.37. The number of benzene rings is 1. The van der Waals surface area contributed by atoms with Crippen LogP contribution in [-0.2, 0) is 0 Å². The molecule has 0 saturated carbocycles. The molecule has 0 fully saturated rings. The summed E-state index contributed by atoms with van der Waals surface area (Å²) in [6.45, 7) is 2.06. The lowest BCUT2D eigenvalue weighted by Crippen LogP contribution is -2.16. The van der Waals surface area contributed by atoms with Crippen LogP contribution in [0, 0.1) is 5.92 Å². The van der Waals surface area contributed by atoms with Crippen molar-refractivity contribution < 1.29 is 9.53 Å². The fourth-order valence-corrected chi connectivity index (χ4v) is 2.42. The van der Waals surface area contributed by atoms with E-state index < -0.39 is 0 Å². The van der Waals surface area contributed by atoms with Crippen LogP contribution < -0.4 is 4.74 Å². The van der Waals surface area contributed by atoms with E-state index in [2.05, 4.69) is 25.2 Å². The molecule has 0 saturated heterocycles. The van der Waals surface area contributed by atoms with Crippen LogP contribution in [0.1, 0.15) is 36.5 Å². The van der Waals surface area contributed by atoms with E-state index in [1.165, 1.54) is 0 Å². The molecule has 19 heavy (non-hydrogen) atoms. The Labute approximate surface area is 114 Å². The summed E-state index contributed by atoms with van der Waals surface area (Å²) in [5, 5.41) is 0. The highest BCUT2D eigenvalue weighted by Gasteiger charge is 2.21. The van der Waals surface area contributed by atoms with Crippen molar-refractivity contribution in [2.24, 2.45) is 5.92 Å². The molecule has 1 aromatic rings. The topological polar surface area (TPSA) is 26.3 Å². The van der Waals surface area contributed by atoms with Gasteiger partial charge in [-0.25, -0.2) is 0 Å². The number of hydrogen-bond acceptors (Lipinski definition) is 2. The third-order valence-electron chi connectivity index (χ3n) is 3.53. The number of allylic oxidation sites excluding steroid dienone is 4. The third-order valence-corrected chi connectivity index (χ3v) is 3.53. The van der Waals surface area contributed by atoms with Crippen molar-refractivity contribution in [3.63, 3.8) is 0 Å². The van der Waals surface area contributed by atoms with Crippen molar-refractivity contribution in [3.05, 3.63) is 53.6 Å². The van der Waals surface area contributed by atoms with E-state index >= 15 is 0 Å². The Kier molecular flexibility index (Phi) is 4.56. The smallest absolute Gasteiger partial charge is 0.170 e. The monoisotopic (exact) mass is 256 g/mol. The van der Waals surface area contributed by atoms with Crippen molar-refractivity contribution in [1.82, 2.24) is 0 Å². The van der Waals surface area contributed by atoms with Gasteiger partial charge in [0.05, 0.1) is 7.11 Å². The molecule has 0 bridgehead atoms. The molecule has 0 N–H and O–H groups in total. The molecule has 2 nitrogen and oxygen atoms in total. The summed E-state index contributed by atoms with van der Waals surface area (Å²) < 4.78 is 5.12. The number of rotatable bonds is 5. The van der Waals surface area contributed by atoms with Crippen LogP contribution in [0.3, 0.4) is 0 Å². The summed E-state index contributed by atoms with van der Waals surface area (Å²) in [4.78, 5) is 12.6. The predicted octanol–water partition coefficient (Wildman–Crippen LogP) is 4.18. The van der Waals surface area contributed by atoms with Crippen LogP contribution in [0.25, 0.3) is 0 Å². The van der Waals surface area contributed by atoms with Gasteiger partial charge >= 0.3 is 0 Å². The van der Waals surface area contributed by atoms with Gasteiger partial charge in [-0.1, -0.05) is 25.2 Å². The highest BCUT2D eigenvalue weighted by molar-refractivity contribution is 6.00. The Morgan fingerprint density at radius 1 is 1.26 bits per heavy atom. The molecule has 0 aliphatic heterocycles. The van der Waals surface area contributed by atoms with Gasteiger partial charge in [0.2, 0.25) is 0 Å². The minimum Gasteiger partial charge on any atom is -0.497 e. The minimum absolute atomic E-state index is 0.0232. The van der Waals surface area contributed by atoms with E-state index in [4.69, 9.17) is 4.74 Å². The van der Waals surface area contributed by atoms with Crippen LogP contribution >= 0.6 is 0 Å². The summed E-state index contributed by atoms with van der Waals surface area (Å²) in [6.07, 6.45) is 9.39. The number of carbonyl (C=O) groups excluding carboxylic acids is 1. The van der Waals surface area contributed by atoms with E-state index in [9.17, 15) is 4.79 Å². The lowest BCUT2D eigenvalue weighted by atomic mass is 9.86.